The van der Waals surface area contributed by atoms with Crippen molar-refractivity contribution in [2.75, 3.05) is 20.1 Å². The van der Waals surface area contributed by atoms with Gasteiger partial charge in [-0.25, -0.2) is 0 Å². The van der Waals surface area contributed by atoms with Crippen LogP contribution in [0.5, 0.6) is 0 Å². The predicted octanol–water partition coefficient (Wildman–Crippen LogP) is 3.33. The molecule has 1 aromatic heterocycles. The standard InChI is InChI=1S/C12H12Br2N2O2.ClH/c1-15-2-3-16-12(17)10-5-7-4-8(13)6-9(14)11(7)18-10;/h4-6,15H,2-3H2,1H3,(H,16,17);1H. The first-order chi connectivity index (χ1) is 8.61. The van der Waals surface area contributed by atoms with Crippen molar-refractivity contribution in [2.24, 2.45) is 0 Å². The molecule has 0 aliphatic heterocycles. The van der Waals surface area contributed by atoms with E-state index in [4.69, 9.17) is 4.42 Å². The number of carbonyl (C=O) groups is 1. The number of hydrogen-bond acceptors (Lipinski definition) is 3. The molecule has 0 saturated carbocycles. The van der Waals surface area contributed by atoms with Crippen LogP contribution < -0.4 is 10.6 Å². The van der Waals surface area contributed by atoms with Crippen molar-refractivity contribution in [3.63, 3.8) is 0 Å². The Kier molecular flexibility index (Phi) is 6.32. The van der Waals surface area contributed by atoms with Gasteiger partial charge in [-0.2, -0.15) is 0 Å². The van der Waals surface area contributed by atoms with E-state index in [0.717, 1.165) is 20.9 Å². The molecule has 104 valence electrons. The van der Waals surface area contributed by atoms with Crippen LogP contribution in [0.25, 0.3) is 11.0 Å². The number of likely N-dealkylation sites (N-methyl/N-ethyl adjacent to an activating group) is 1. The summed E-state index contributed by atoms with van der Waals surface area (Å²) in [6, 6.07) is 5.53. The van der Waals surface area contributed by atoms with Crippen LogP contribution >= 0.6 is 44.3 Å². The highest BCUT2D eigenvalue weighted by Crippen LogP contribution is 2.30. The lowest BCUT2D eigenvalue weighted by molar-refractivity contribution is 0.0928. The molecular weight excluding hydrogens is 399 g/mol. The molecule has 0 aliphatic rings. The minimum Gasteiger partial charge on any atom is -0.450 e. The number of amides is 1. The topological polar surface area (TPSA) is 54.3 Å². The SMILES string of the molecule is CNCCNC(=O)c1cc2cc(Br)cc(Br)c2o1.Cl. The maximum Gasteiger partial charge on any atom is 0.287 e. The average Bonchev–Trinajstić information content (AvgIpc) is 2.73. The van der Waals surface area contributed by atoms with Gasteiger partial charge < -0.3 is 15.1 Å². The minimum atomic E-state index is -0.204. The maximum atomic E-state index is 11.8. The van der Waals surface area contributed by atoms with Crippen molar-refractivity contribution in [1.29, 1.82) is 0 Å². The Hall–Kier alpha value is -0.560. The van der Waals surface area contributed by atoms with E-state index in [0.29, 0.717) is 17.9 Å². The molecule has 0 atom stereocenters. The van der Waals surface area contributed by atoms with Crippen LogP contribution in [0, 0.1) is 0 Å². The maximum absolute atomic E-state index is 11.8. The van der Waals surface area contributed by atoms with Crippen LogP contribution in [0.3, 0.4) is 0 Å². The van der Waals surface area contributed by atoms with Crippen LogP contribution in [0.1, 0.15) is 10.6 Å². The summed E-state index contributed by atoms with van der Waals surface area (Å²) in [5, 5.41) is 6.62. The predicted molar refractivity (Wildman–Crippen MR) is 85.1 cm³/mol. The molecule has 1 aromatic carbocycles. The molecule has 2 rings (SSSR count). The Morgan fingerprint density at radius 1 is 1.26 bits per heavy atom. The monoisotopic (exact) mass is 410 g/mol. The molecule has 7 heteroatoms. The zero-order chi connectivity index (χ0) is 13.1. The Morgan fingerprint density at radius 3 is 2.68 bits per heavy atom. The lowest BCUT2D eigenvalue weighted by Crippen LogP contribution is -2.30. The Bertz CT molecular complexity index is 586. The number of halogens is 3. The molecule has 1 amide bonds. The molecule has 4 nitrogen and oxygen atoms in total. The van der Waals surface area contributed by atoms with Gasteiger partial charge in [0.25, 0.3) is 5.91 Å². The van der Waals surface area contributed by atoms with Gasteiger partial charge in [-0.15, -0.1) is 12.4 Å². The number of hydrogen-bond donors (Lipinski definition) is 2. The third-order valence-corrected chi connectivity index (χ3v) is 3.47. The van der Waals surface area contributed by atoms with E-state index in [-0.39, 0.29) is 18.3 Å². The van der Waals surface area contributed by atoms with Gasteiger partial charge in [0.05, 0.1) is 4.47 Å². The number of benzene rings is 1. The summed E-state index contributed by atoms with van der Waals surface area (Å²) in [4.78, 5) is 11.8. The van der Waals surface area contributed by atoms with Crippen LogP contribution in [-0.2, 0) is 0 Å². The average molecular weight is 413 g/mol. The molecule has 0 spiro atoms. The van der Waals surface area contributed by atoms with E-state index < -0.39 is 0 Å². The highest BCUT2D eigenvalue weighted by Gasteiger charge is 2.13. The third-order valence-electron chi connectivity index (χ3n) is 2.42. The molecular formula is C12H13Br2ClN2O2. The number of nitrogens with one attached hydrogen (secondary N) is 2. The van der Waals surface area contributed by atoms with Gasteiger partial charge in [0, 0.05) is 22.9 Å². The fourth-order valence-electron chi connectivity index (χ4n) is 1.58. The van der Waals surface area contributed by atoms with Gasteiger partial charge in [0.1, 0.15) is 5.58 Å². The van der Waals surface area contributed by atoms with Crippen molar-refractivity contribution in [3.05, 3.63) is 32.9 Å². The summed E-state index contributed by atoms with van der Waals surface area (Å²) in [5.74, 6) is 0.115. The zero-order valence-electron chi connectivity index (χ0n) is 10.1. The molecule has 0 aliphatic carbocycles. The third kappa shape index (κ3) is 3.95. The van der Waals surface area contributed by atoms with Gasteiger partial charge in [-0.1, -0.05) is 15.9 Å². The largest absolute Gasteiger partial charge is 0.450 e. The van der Waals surface area contributed by atoms with Gasteiger partial charge in [0.2, 0.25) is 0 Å². The molecule has 0 radical (unpaired) electrons. The first kappa shape index (κ1) is 16.5. The quantitative estimate of drug-likeness (QED) is 0.758. The van der Waals surface area contributed by atoms with E-state index in [9.17, 15) is 4.79 Å². The van der Waals surface area contributed by atoms with Crippen LogP contribution in [0.2, 0.25) is 0 Å². The van der Waals surface area contributed by atoms with E-state index in [1.165, 1.54) is 0 Å². The lowest BCUT2D eigenvalue weighted by Gasteiger charge is -2.01. The molecule has 0 fully saturated rings. The van der Waals surface area contributed by atoms with Crippen LogP contribution in [0.4, 0.5) is 0 Å². The number of rotatable bonds is 4. The van der Waals surface area contributed by atoms with Crippen LogP contribution in [-0.4, -0.2) is 26.0 Å². The second kappa shape index (κ2) is 7.28. The summed E-state index contributed by atoms with van der Waals surface area (Å²) >= 11 is 6.81. The van der Waals surface area contributed by atoms with Crippen molar-refractivity contribution in [2.45, 2.75) is 0 Å². The highest BCUT2D eigenvalue weighted by atomic mass is 79.9. The fraction of sp³-hybridized carbons (Fsp3) is 0.250. The van der Waals surface area contributed by atoms with Crippen molar-refractivity contribution in [3.8, 4) is 0 Å². The summed E-state index contributed by atoms with van der Waals surface area (Å²) in [7, 11) is 1.84. The Balaban J connectivity index is 0.00000180. The summed E-state index contributed by atoms with van der Waals surface area (Å²) < 4.78 is 7.30. The smallest absolute Gasteiger partial charge is 0.287 e. The normalized spacial score (nSPS) is 10.3. The molecule has 0 saturated heterocycles. The van der Waals surface area contributed by atoms with Crippen molar-refractivity contribution >= 4 is 61.1 Å². The lowest BCUT2D eigenvalue weighted by atomic mass is 10.2. The molecule has 2 aromatic rings. The molecule has 0 bridgehead atoms. The van der Waals surface area contributed by atoms with Crippen LogP contribution in [0.15, 0.2) is 31.6 Å². The minimum absolute atomic E-state index is 0. The highest BCUT2D eigenvalue weighted by molar-refractivity contribution is 9.11. The van der Waals surface area contributed by atoms with Gasteiger partial charge in [0.15, 0.2) is 5.76 Å². The first-order valence-corrected chi connectivity index (χ1v) is 7.02. The Morgan fingerprint density at radius 2 is 2.00 bits per heavy atom. The molecule has 19 heavy (non-hydrogen) atoms. The zero-order valence-corrected chi connectivity index (χ0v) is 14.1. The fourth-order valence-corrected chi connectivity index (χ4v) is 2.92. The van der Waals surface area contributed by atoms with Gasteiger partial charge in [-0.05, 0) is 41.2 Å². The van der Waals surface area contributed by atoms with Gasteiger partial charge in [-0.3, -0.25) is 4.79 Å². The Labute approximate surface area is 134 Å². The second-order valence-corrected chi connectivity index (χ2v) is 5.55. The summed E-state index contributed by atoms with van der Waals surface area (Å²) in [6.45, 7) is 1.29. The van der Waals surface area contributed by atoms with E-state index in [2.05, 4.69) is 42.5 Å². The molecule has 2 N–H and O–H groups in total. The molecule has 1 heterocycles. The summed E-state index contributed by atoms with van der Waals surface area (Å²) in [6.07, 6.45) is 0. The van der Waals surface area contributed by atoms with E-state index in [1.807, 2.05) is 19.2 Å². The number of fused-ring (bicyclic) bond motifs is 1. The van der Waals surface area contributed by atoms with Gasteiger partial charge >= 0.3 is 0 Å². The van der Waals surface area contributed by atoms with Crippen molar-refractivity contribution in [1.82, 2.24) is 10.6 Å². The molecule has 0 unspecified atom stereocenters. The summed E-state index contributed by atoms with van der Waals surface area (Å²) in [5.41, 5.74) is 0.678. The first-order valence-electron chi connectivity index (χ1n) is 5.43. The van der Waals surface area contributed by atoms with Crippen molar-refractivity contribution < 1.29 is 9.21 Å². The van der Waals surface area contributed by atoms with E-state index in [1.54, 1.807) is 6.07 Å². The van der Waals surface area contributed by atoms with E-state index >= 15 is 0 Å². The second-order valence-electron chi connectivity index (χ2n) is 3.78. The number of furan rings is 1. The number of carbonyl (C=O) groups excluding carboxylic acids is 1.